The van der Waals surface area contributed by atoms with Gasteiger partial charge in [0.05, 0.1) is 5.69 Å². The molecule has 0 aliphatic carbocycles. The van der Waals surface area contributed by atoms with Crippen molar-refractivity contribution in [3.63, 3.8) is 0 Å². The van der Waals surface area contributed by atoms with Crippen LogP contribution in [0.4, 0.5) is 0 Å². The molecule has 1 aromatic heterocycles. The third-order valence-electron chi connectivity index (χ3n) is 1.56. The van der Waals surface area contributed by atoms with Crippen molar-refractivity contribution in [2.75, 3.05) is 6.54 Å². The zero-order valence-electron chi connectivity index (χ0n) is 7.05. The van der Waals surface area contributed by atoms with Gasteiger partial charge in [0.15, 0.2) is 6.39 Å². The molecule has 0 spiro atoms. The molecule has 0 atom stereocenters. The first-order valence-corrected chi connectivity index (χ1v) is 3.94. The Morgan fingerprint density at radius 2 is 2.45 bits per heavy atom. The Bertz CT molecular complexity index is 208. The van der Waals surface area contributed by atoms with E-state index in [1.54, 1.807) is 0 Å². The third-order valence-corrected chi connectivity index (χ3v) is 1.56. The first-order chi connectivity index (χ1) is 5.34. The van der Waals surface area contributed by atoms with E-state index in [2.05, 4.69) is 17.2 Å². The van der Waals surface area contributed by atoms with Crippen molar-refractivity contribution >= 4 is 0 Å². The van der Waals surface area contributed by atoms with Crippen molar-refractivity contribution in [1.82, 2.24) is 10.3 Å². The maximum absolute atomic E-state index is 5.04. The minimum atomic E-state index is 0.816. The molecule has 0 aliphatic rings. The second kappa shape index (κ2) is 4.13. The molecule has 0 amide bonds. The van der Waals surface area contributed by atoms with Gasteiger partial charge in [0.2, 0.25) is 0 Å². The molecule has 1 aromatic rings. The molecule has 0 unspecified atom stereocenters. The zero-order valence-corrected chi connectivity index (χ0v) is 7.05. The summed E-state index contributed by atoms with van der Waals surface area (Å²) in [4.78, 5) is 4.06. The highest BCUT2D eigenvalue weighted by Crippen LogP contribution is 2.02. The van der Waals surface area contributed by atoms with Crippen LogP contribution in [-0.2, 0) is 6.54 Å². The van der Waals surface area contributed by atoms with Crippen LogP contribution in [0.25, 0.3) is 0 Å². The van der Waals surface area contributed by atoms with Gasteiger partial charge in [0, 0.05) is 6.54 Å². The lowest BCUT2D eigenvalue weighted by molar-refractivity contribution is 0.522. The molecular formula is C8H14N2O. The topological polar surface area (TPSA) is 38.1 Å². The lowest BCUT2D eigenvalue weighted by atomic mass is 10.3. The summed E-state index contributed by atoms with van der Waals surface area (Å²) in [5, 5.41) is 3.26. The summed E-state index contributed by atoms with van der Waals surface area (Å²) in [5.74, 6) is 0.911. The number of nitrogens with one attached hydrogen (secondary N) is 1. The summed E-state index contributed by atoms with van der Waals surface area (Å²) < 4.78 is 5.04. The van der Waals surface area contributed by atoms with E-state index < -0.39 is 0 Å². The summed E-state index contributed by atoms with van der Waals surface area (Å²) in [6, 6.07) is 0. The second-order valence-corrected chi connectivity index (χ2v) is 2.53. The van der Waals surface area contributed by atoms with Gasteiger partial charge in [-0.05, 0) is 19.9 Å². The normalized spacial score (nSPS) is 10.4. The fraction of sp³-hybridized carbons (Fsp3) is 0.625. The number of hydrogen-bond donors (Lipinski definition) is 1. The van der Waals surface area contributed by atoms with Crippen molar-refractivity contribution < 1.29 is 4.42 Å². The predicted molar refractivity (Wildman–Crippen MR) is 43.2 cm³/mol. The standard InChI is InChI=1S/C8H14N2O/c1-3-4-9-5-8-7(2)11-6-10-8/h6,9H,3-5H2,1-2H3. The number of aromatic nitrogens is 1. The third kappa shape index (κ3) is 2.35. The average Bonchev–Trinajstić information content (AvgIpc) is 2.37. The monoisotopic (exact) mass is 154 g/mol. The minimum absolute atomic E-state index is 0.816. The highest BCUT2D eigenvalue weighted by atomic mass is 16.3. The molecule has 1 heterocycles. The van der Waals surface area contributed by atoms with Crippen LogP contribution >= 0.6 is 0 Å². The molecule has 0 bridgehead atoms. The van der Waals surface area contributed by atoms with Gasteiger partial charge in [0.25, 0.3) is 0 Å². The van der Waals surface area contributed by atoms with Crippen molar-refractivity contribution in [1.29, 1.82) is 0 Å². The van der Waals surface area contributed by atoms with E-state index in [0.29, 0.717) is 0 Å². The van der Waals surface area contributed by atoms with Gasteiger partial charge in [-0.25, -0.2) is 4.98 Å². The molecule has 3 heteroatoms. The first-order valence-electron chi connectivity index (χ1n) is 3.94. The summed E-state index contributed by atoms with van der Waals surface area (Å²) in [7, 11) is 0. The minimum Gasteiger partial charge on any atom is -0.448 e. The molecule has 0 aromatic carbocycles. The van der Waals surface area contributed by atoms with E-state index in [0.717, 1.165) is 31.0 Å². The molecule has 3 nitrogen and oxygen atoms in total. The summed E-state index contributed by atoms with van der Waals surface area (Å²) in [5.41, 5.74) is 1.01. The van der Waals surface area contributed by atoms with Crippen LogP contribution in [0.2, 0.25) is 0 Å². The van der Waals surface area contributed by atoms with Gasteiger partial charge in [-0.15, -0.1) is 0 Å². The number of aryl methyl sites for hydroxylation is 1. The highest BCUT2D eigenvalue weighted by molar-refractivity contribution is 5.03. The quantitative estimate of drug-likeness (QED) is 0.667. The lowest BCUT2D eigenvalue weighted by Gasteiger charge is -1.98. The van der Waals surface area contributed by atoms with Crippen LogP contribution in [0, 0.1) is 6.92 Å². The van der Waals surface area contributed by atoms with E-state index >= 15 is 0 Å². The Morgan fingerprint density at radius 1 is 1.64 bits per heavy atom. The van der Waals surface area contributed by atoms with E-state index in [1.165, 1.54) is 6.39 Å². The second-order valence-electron chi connectivity index (χ2n) is 2.53. The molecule has 11 heavy (non-hydrogen) atoms. The van der Waals surface area contributed by atoms with Gasteiger partial charge in [-0.3, -0.25) is 0 Å². The van der Waals surface area contributed by atoms with Crippen molar-refractivity contribution in [2.45, 2.75) is 26.8 Å². The van der Waals surface area contributed by atoms with Gasteiger partial charge < -0.3 is 9.73 Å². The van der Waals surface area contributed by atoms with Gasteiger partial charge >= 0.3 is 0 Å². The van der Waals surface area contributed by atoms with Gasteiger partial charge in [-0.1, -0.05) is 6.92 Å². The summed E-state index contributed by atoms with van der Waals surface area (Å²) in [6.07, 6.45) is 2.63. The predicted octanol–water partition coefficient (Wildman–Crippen LogP) is 1.48. The zero-order chi connectivity index (χ0) is 8.10. The van der Waals surface area contributed by atoms with Crippen LogP contribution in [0.5, 0.6) is 0 Å². The van der Waals surface area contributed by atoms with Crippen LogP contribution in [0.3, 0.4) is 0 Å². The molecule has 0 fully saturated rings. The summed E-state index contributed by atoms with van der Waals surface area (Å²) in [6.45, 7) is 5.92. The van der Waals surface area contributed by atoms with Crippen LogP contribution in [0.1, 0.15) is 24.8 Å². The molecule has 0 saturated carbocycles. The Hall–Kier alpha value is -0.830. The van der Waals surface area contributed by atoms with Gasteiger partial charge in [-0.2, -0.15) is 0 Å². The van der Waals surface area contributed by atoms with Crippen molar-refractivity contribution in [3.05, 3.63) is 17.8 Å². The molecule has 0 radical (unpaired) electrons. The van der Waals surface area contributed by atoms with E-state index in [1.807, 2.05) is 6.92 Å². The molecule has 62 valence electrons. The highest BCUT2D eigenvalue weighted by Gasteiger charge is 2.00. The Balaban J connectivity index is 2.32. The Kier molecular flexibility index (Phi) is 3.11. The van der Waals surface area contributed by atoms with Crippen molar-refractivity contribution in [3.8, 4) is 0 Å². The number of oxazole rings is 1. The number of rotatable bonds is 4. The van der Waals surface area contributed by atoms with Crippen molar-refractivity contribution in [2.24, 2.45) is 0 Å². The van der Waals surface area contributed by atoms with E-state index in [9.17, 15) is 0 Å². The molecule has 0 aliphatic heterocycles. The van der Waals surface area contributed by atoms with Crippen LogP contribution in [0.15, 0.2) is 10.8 Å². The Morgan fingerprint density at radius 3 is 3.00 bits per heavy atom. The molecule has 0 saturated heterocycles. The van der Waals surface area contributed by atoms with E-state index in [4.69, 9.17) is 4.42 Å². The fourth-order valence-electron chi connectivity index (χ4n) is 0.882. The number of hydrogen-bond acceptors (Lipinski definition) is 3. The fourth-order valence-corrected chi connectivity index (χ4v) is 0.882. The SMILES string of the molecule is CCCNCc1ncoc1C. The Labute approximate surface area is 66.8 Å². The van der Waals surface area contributed by atoms with Crippen LogP contribution < -0.4 is 5.32 Å². The van der Waals surface area contributed by atoms with Gasteiger partial charge in [0.1, 0.15) is 5.76 Å². The molecule has 1 N–H and O–H groups in total. The molecular weight excluding hydrogens is 140 g/mol. The molecule has 1 rings (SSSR count). The van der Waals surface area contributed by atoms with Crippen LogP contribution in [-0.4, -0.2) is 11.5 Å². The maximum atomic E-state index is 5.04. The average molecular weight is 154 g/mol. The maximum Gasteiger partial charge on any atom is 0.181 e. The first kappa shape index (κ1) is 8.27. The lowest BCUT2D eigenvalue weighted by Crippen LogP contribution is -2.14. The number of nitrogens with zero attached hydrogens (tertiary/aromatic N) is 1. The van der Waals surface area contributed by atoms with E-state index in [-0.39, 0.29) is 0 Å². The largest absolute Gasteiger partial charge is 0.448 e. The summed E-state index contributed by atoms with van der Waals surface area (Å²) >= 11 is 0. The smallest absolute Gasteiger partial charge is 0.181 e.